The Bertz CT molecular complexity index is 1150. The van der Waals surface area contributed by atoms with Gasteiger partial charge in [0.1, 0.15) is 24.2 Å². The van der Waals surface area contributed by atoms with Crippen molar-refractivity contribution in [3.05, 3.63) is 64.8 Å². The van der Waals surface area contributed by atoms with Crippen LogP contribution in [-0.2, 0) is 19.1 Å². The van der Waals surface area contributed by atoms with Crippen LogP contribution < -0.4 is 20.1 Å². The van der Waals surface area contributed by atoms with Gasteiger partial charge in [0.15, 0.2) is 11.5 Å². The Hall–Kier alpha value is -4.21. The second-order valence-corrected chi connectivity index (χ2v) is 7.38. The van der Waals surface area contributed by atoms with Crippen LogP contribution in [0.5, 0.6) is 11.5 Å². The number of esters is 2. The maximum Gasteiger partial charge on any atom is 0.338 e. The summed E-state index contributed by atoms with van der Waals surface area (Å²) in [6.45, 7) is 5.55. The molecule has 0 unspecified atom stereocenters. The number of amides is 2. The molecule has 0 bridgehead atoms. The summed E-state index contributed by atoms with van der Waals surface area (Å²) in [5.74, 6) is 0.752. The van der Waals surface area contributed by atoms with Gasteiger partial charge in [0.05, 0.1) is 31.6 Å². The first-order valence-electron chi connectivity index (χ1n) is 11.1. The highest BCUT2D eigenvalue weighted by atomic mass is 16.5. The molecule has 186 valence electrons. The Kier molecular flexibility index (Phi) is 8.55. The molecule has 10 heteroatoms. The van der Waals surface area contributed by atoms with Crippen molar-refractivity contribution in [1.29, 1.82) is 0 Å². The number of carbonyl (C=O) groups is 3. The standard InChI is InChI=1S/C25H28N2O8/c1-5-32-18-11-8-16(13-20(18)31-4)9-12-21(28)34-14-17-22(24(29)33-6-2)23(27-25(30)26-17)19-10-7-15(3)35-19/h7-13,23H,5-6,14H2,1-4H3,(H2,26,27,30)/b12-9+/t23-/m1/s1. The van der Waals surface area contributed by atoms with Crippen LogP contribution in [0, 0.1) is 6.92 Å². The third-order valence-corrected chi connectivity index (χ3v) is 4.95. The summed E-state index contributed by atoms with van der Waals surface area (Å²) in [6.07, 6.45) is 2.78. The second kappa shape index (κ2) is 11.8. The Balaban J connectivity index is 1.77. The zero-order valence-electron chi connectivity index (χ0n) is 20.0. The van der Waals surface area contributed by atoms with Gasteiger partial charge in [0.25, 0.3) is 0 Å². The number of rotatable bonds is 10. The van der Waals surface area contributed by atoms with Crippen LogP contribution in [0.3, 0.4) is 0 Å². The van der Waals surface area contributed by atoms with E-state index in [1.54, 1.807) is 50.3 Å². The van der Waals surface area contributed by atoms with Gasteiger partial charge in [-0.05, 0) is 56.7 Å². The zero-order valence-corrected chi connectivity index (χ0v) is 20.0. The van der Waals surface area contributed by atoms with E-state index in [1.165, 1.54) is 13.2 Å². The summed E-state index contributed by atoms with van der Waals surface area (Å²) >= 11 is 0. The van der Waals surface area contributed by atoms with E-state index < -0.39 is 24.0 Å². The summed E-state index contributed by atoms with van der Waals surface area (Å²) in [5, 5.41) is 5.17. The summed E-state index contributed by atoms with van der Waals surface area (Å²) in [5.41, 5.74) is 0.890. The maximum absolute atomic E-state index is 12.7. The molecule has 10 nitrogen and oxygen atoms in total. The minimum absolute atomic E-state index is 0.0915. The fourth-order valence-electron chi connectivity index (χ4n) is 3.42. The Morgan fingerprint density at radius 3 is 2.54 bits per heavy atom. The average Bonchev–Trinajstić information content (AvgIpc) is 3.28. The molecule has 2 heterocycles. The Labute approximate surface area is 202 Å². The van der Waals surface area contributed by atoms with Crippen LogP contribution in [0.2, 0.25) is 0 Å². The van der Waals surface area contributed by atoms with Crippen LogP contribution in [0.25, 0.3) is 6.08 Å². The third kappa shape index (κ3) is 6.44. The van der Waals surface area contributed by atoms with Crippen LogP contribution in [0.1, 0.15) is 37.0 Å². The van der Waals surface area contributed by atoms with E-state index in [4.69, 9.17) is 23.4 Å². The SMILES string of the molecule is CCOC(=O)C1=C(COC(=O)/C=C/c2ccc(OCC)c(OC)c2)NC(=O)N[C@@H]1c1ccc(C)o1. The number of hydrogen-bond acceptors (Lipinski definition) is 8. The molecule has 0 aliphatic carbocycles. The molecule has 1 aromatic carbocycles. The predicted molar refractivity (Wildman–Crippen MR) is 126 cm³/mol. The molecule has 0 saturated carbocycles. The van der Waals surface area contributed by atoms with Gasteiger partial charge >= 0.3 is 18.0 Å². The van der Waals surface area contributed by atoms with Gasteiger partial charge in [-0.2, -0.15) is 0 Å². The molecule has 2 aromatic rings. The predicted octanol–water partition coefficient (Wildman–Crippen LogP) is 3.42. The van der Waals surface area contributed by atoms with Crippen LogP contribution in [0.4, 0.5) is 4.79 Å². The number of nitrogens with one attached hydrogen (secondary N) is 2. The quantitative estimate of drug-likeness (QED) is 0.388. The molecular formula is C25H28N2O8. The van der Waals surface area contributed by atoms with Crippen LogP contribution in [-0.4, -0.2) is 44.9 Å². The van der Waals surface area contributed by atoms with Crippen molar-refractivity contribution in [3.8, 4) is 11.5 Å². The van der Waals surface area contributed by atoms with Crippen molar-refractivity contribution in [2.75, 3.05) is 26.9 Å². The molecule has 2 N–H and O–H groups in total. The summed E-state index contributed by atoms with van der Waals surface area (Å²) in [7, 11) is 1.53. The topological polar surface area (TPSA) is 125 Å². The molecule has 3 rings (SSSR count). The fraction of sp³-hybridized carbons (Fsp3) is 0.320. The normalized spacial score (nSPS) is 15.4. The first kappa shape index (κ1) is 25.4. The number of benzene rings is 1. The summed E-state index contributed by atoms with van der Waals surface area (Å²) in [6, 6.07) is 7.14. The number of hydrogen-bond donors (Lipinski definition) is 2. The number of carbonyl (C=O) groups excluding carboxylic acids is 3. The smallest absolute Gasteiger partial charge is 0.338 e. The first-order valence-corrected chi connectivity index (χ1v) is 11.1. The van der Waals surface area contributed by atoms with E-state index in [9.17, 15) is 14.4 Å². The zero-order chi connectivity index (χ0) is 25.4. The van der Waals surface area contributed by atoms with Crippen molar-refractivity contribution >= 4 is 24.0 Å². The molecule has 1 aromatic heterocycles. The fourth-order valence-corrected chi connectivity index (χ4v) is 3.42. The number of aryl methyl sites for hydroxylation is 1. The molecule has 1 aliphatic rings. The molecule has 0 radical (unpaired) electrons. The monoisotopic (exact) mass is 484 g/mol. The van der Waals surface area contributed by atoms with E-state index in [1.807, 2.05) is 6.92 Å². The lowest BCUT2D eigenvalue weighted by atomic mass is 10.0. The van der Waals surface area contributed by atoms with Crippen LogP contribution in [0.15, 0.2) is 52.1 Å². The van der Waals surface area contributed by atoms with Gasteiger partial charge in [-0.1, -0.05) is 6.07 Å². The van der Waals surface area contributed by atoms with Crippen molar-refractivity contribution < 1.29 is 37.7 Å². The van der Waals surface area contributed by atoms with E-state index in [-0.39, 0.29) is 24.5 Å². The van der Waals surface area contributed by atoms with Gasteiger partial charge in [-0.25, -0.2) is 14.4 Å². The van der Waals surface area contributed by atoms with E-state index >= 15 is 0 Å². The average molecular weight is 485 g/mol. The summed E-state index contributed by atoms with van der Waals surface area (Å²) in [4.78, 5) is 37.3. The molecule has 0 saturated heterocycles. The number of methoxy groups -OCH3 is 1. The lowest BCUT2D eigenvalue weighted by molar-refractivity contribution is -0.140. The van der Waals surface area contributed by atoms with Crippen LogP contribution >= 0.6 is 0 Å². The molecule has 2 amide bonds. The number of furan rings is 1. The highest BCUT2D eigenvalue weighted by Crippen LogP contribution is 2.30. The number of urea groups is 1. The minimum Gasteiger partial charge on any atom is -0.493 e. The first-order chi connectivity index (χ1) is 16.9. The maximum atomic E-state index is 12.7. The number of ether oxygens (including phenoxy) is 4. The van der Waals surface area contributed by atoms with E-state index in [0.717, 1.165) is 0 Å². The van der Waals surface area contributed by atoms with Crippen molar-refractivity contribution in [2.45, 2.75) is 26.8 Å². The van der Waals surface area contributed by atoms with Crippen molar-refractivity contribution in [2.24, 2.45) is 0 Å². The van der Waals surface area contributed by atoms with Gasteiger partial charge < -0.3 is 34.0 Å². The van der Waals surface area contributed by atoms with Crippen molar-refractivity contribution in [1.82, 2.24) is 10.6 Å². The van der Waals surface area contributed by atoms with Crippen molar-refractivity contribution in [3.63, 3.8) is 0 Å². The highest BCUT2D eigenvalue weighted by molar-refractivity contribution is 5.95. The molecular weight excluding hydrogens is 456 g/mol. The van der Waals surface area contributed by atoms with Gasteiger partial charge in [-0.3, -0.25) is 0 Å². The molecule has 1 atom stereocenters. The van der Waals surface area contributed by atoms with Gasteiger partial charge in [0.2, 0.25) is 0 Å². The molecule has 0 spiro atoms. The molecule has 35 heavy (non-hydrogen) atoms. The van der Waals surface area contributed by atoms with E-state index in [0.29, 0.717) is 35.2 Å². The lowest BCUT2D eigenvalue weighted by Crippen LogP contribution is -2.47. The summed E-state index contributed by atoms with van der Waals surface area (Å²) < 4.78 is 26.9. The Morgan fingerprint density at radius 1 is 1.09 bits per heavy atom. The van der Waals surface area contributed by atoms with Gasteiger partial charge in [-0.15, -0.1) is 0 Å². The highest BCUT2D eigenvalue weighted by Gasteiger charge is 2.35. The molecule has 0 fully saturated rings. The second-order valence-electron chi connectivity index (χ2n) is 7.38. The van der Waals surface area contributed by atoms with E-state index in [2.05, 4.69) is 10.6 Å². The lowest BCUT2D eigenvalue weighted by Gasteiger charge is -2.27. The third-order valence-electron chi connectivity index (χ3n) is 4.95. The minimum atomic E-state index is -0.892. The van der Waals surface area contributed by atoms with Gasteiger partial charge in [0, 0.05) is 6.08 Å². The Morgan fingerprint density at radius 2 is 1.89 bits per heavy atom. The largest absolute Gasteiger partial charge is 0.493 e. The molecule has 1 aliphatic heterocycles.